The molecule has 0 aromatic heterocycles. The van der Waals surface area contributed by atoms with Crippen LogP contribution in [-0.4, -0.2) is 38.8 Å². The van der Waals surface area contributed by atoms with E-state index in [0.717, 1.165) is 77.0 Å². The number of hydrazine groups is 1. The van der Waals surface area contributed by atoms with E-state index >= 15 is 0 Å². The lowest BCUT2D eigenvalue weighted by Gasteiger charge is -2.35. The summed E-state index contributed by atoms with van der Waals surface area (Å²) in [5.74, 6) is 0. The first-order valence-electron chi connectivity index (χ1n) is 12.7. The summed E-state index contributed by atoms with van der Waals surface area (Å²) in [6.45, 7) is 5.40. The van der Waals surface area contributed by atoms with E-state index in [9.17, 15) is 43.2 Å². The highest BCUT2D eigenvalue weighted by molar-refractivity contribution is 7.93. The number of nitrogens with zero attached hydrogens (tertiary/aromatic N) is 1. The molecule has 0 aliphatic carbocycles. The second-order valence-electron chi connectivity index (χ2n) is 9.39. The predicted octanol–water partition coefficient (Wildman–Crippen LogP) is 7.39. The molecule has 0 fully saturated rings. The van der Waals surface area contributed by atoms with Crippen molar-refractivity contribution in [2.75, 3.05) is 6.54 Å². The van der Waals surface area contributed by atoms with Crippen LogP contribution in [0, 0.1) is 5.41 Å². The van der Waals surface area contributed by atoms with Gasteiger partial charge in [-0.25, -0.2) is 16.8 Å². The van der Waals surface area contributed by atoms with Gasteiger partial charge in [0.15, 0.2) is 0 Å². The van der Waals surface area contributed by atoms with Gasteiger partial charge in [-0.3, -0.25) is 0 Å². The van der Waals surface area contributed by atoms with Gasteiger partial charge in [0, 0.05) is 6.54 Å². The zero-order valence-corrected chi connectivity index (χ0v) is 23.1. The fraction of sp³-hybridized carbons (Fsp3) is 1.00. The van der Waals surface area contributed by atoms with Crippen LogP contribution in [0.5, 0.6) is 0 Å². The van der Waals surface area contributed by atoms with Crippen LogP contribution in [0.4, 0.5) is 26.3 Å². The number of hydrogen-bond donors (Lipinski definition) is 1. The molecule has 0 radical (unpaired) electrons. The van der Waals surface area contributed by atoms with E-state index in [1.54, 1.807) is 0 Å². The molecule has 0 saturated heterocycles. The summed E-state index contributed by atoms with van der Waals surface area (Å²) in [4.78, 5) is 0.533. The Bertz CT molecular complexity index is 794. The molecule has 0 heterocycles. The number of unbranched alkanes of at least 4 members (excludes halogenated alkanes) is 7. The van der Waals surface area contributed by atoms with Crippen molar-refractivity contribution in [1.29, 1.82) is 0 Å². The maximum absolute atomic E-state index is 12.9. The molecule has 0 aliphatic rings. The number of sulfonamides is 2. The molecular weight excluding hydrogens is 534 g/mol. The second kappa shape index (κ2) is 15.7. The number of hydrogen-bond acceptors (Lipinski definition) is 4. The Morgan fingerprint density at radius 2 is 0.972 bits per heavy atom. The molecule has 0 aromatic carbocycles. The molecule has 0 rings (SSSR count). The standard InChI is InChI=1S/C22H42F6N2O4S2/c1-4-7-15-20(16-8-5-2,17-9-6-3)18-13-11-10-12-14-19-30(36(33,34)22(26,27)28)29-35(31,32)21(23,24)25/h29H,4-19H2,1-3H3. The third-order valence-electron chi connectivity index (χ3n) is 6.36. The lowest BCUT2D eigenvalue weighted by atomic mass is 9.71. The van der Waals surface area contributed by atoms with Crippen molar-refractivity contribution in [2.45, 2.75) is 128 Å². The van der Waals surface area contributed by atoms with Crippen LogP contribution in [0.15, 0.2) is 0 Å². The van der Waals surface area contributed by atoms with Crippen LogP contribution >= 0.6 is 0 Å². The van der Waals surface area contributed by atoms with Crippen molar-refractivity contribution >= 4 is 20.0 Å². The van der Waals surface area contributed by atoms with E-state index in [0.29, 0.717) is 11.3 Å². The Hall–Kier alpha value is -0.600. The summed E-state index contributed by atoms with van der Waals surface area (Å²) in [6, 6.07) is 0. The fourth-order valence-electron chi connectivity index (χ4n) is 4.22. The number of alkyl halides is 6. The summed E-state index contributed by atoms with van der Waals surface area (Å²) in [6.07, 6.45) is 13.4. The number of nitrogens with one attached hydrogen (secondary N) is 1. The van der Waals surface area contributed by atoms with Gasteiger partial charge in [0.2, 0.25) is 0 Å². The highest BCUT2D eigenvalue weighted by atomic mass is 32.2. The van der Waals surface area contributed by atoms with Crippen molar-refractivity contribution in [3.05, 3.63) is 0 Å². The van der Waals surface area contributed by atoms with Crippen molar-refractivity contribution in [1.82, 2.24) is 9.25 Å². The fourth-order valence-corrected chi connectivity index (χ4v) is 5.99. The van der Waals surface area contributed by atoms with Gasteiger partial charge in [0.25, 0.3) is 0 Å². The second-order valence-corrected chi connectivity index (χ2v) is 12.9. The van der Waals surface area contributed by atoms with Crippen molar-refractivity contribution in [3.63, 3.8) is 0 Å². The Labute approximate surface area is 212 Å². The van der Waals surface area contributed by atoms with Gasteiger partial charge in [-0.1, -0.05) is 85.0 Å². The molecule has 0 aliphatic heterocycles. The highest BCUT2D eigenvalue weighted by Crippen LogP contribution is 2.41. The zero-order valence-electron chi connectivity index (χ0n) is 21.5. The van der Waals surface area contributed by atoms with Gasteiger partial charge in [0.05, 0.1) is 0 Å². The molecule has 0 amide bonds. The molecule has 0 aromatic rings. The van der Waals surface area contributed by atoms with Crippen LogP contribution in [0.25, 0.3) is 0 Å². The van der Waals surface area contributed by atoms with Gasteiger partial charge in [0.1, 0.15) is 0 Å². The molecule has 1 N–H and O–H groups in total. The summed E-state index contributed by atoms with van der Waals surface area (Å²) in [5, 5.41) is 0. The molecule has 0 atom stereocenters. The van der Waals surface area contributed by atoms with Crippen LogP contribution in [0.3, 0.4) is 0 Å². The maximum atomic E-state index is 12.9. The van der Waals surface area contributed by atoms with E-state index < -0.39 is 42.0 Å². The first kappa shape index (κ1) is 35.4. The van der Waals surface area contributed by atoms with E-state index in [1.165, 1.54) is 0 Å². The quantitative estimate of drug-likeness (QED) is 0.0931. The van der Waals surface area contributed by atoms with Gasteiger partial charge in [-0.2, -0.15) is 26.3 Å². The van der Waals surface area contributed by atoms with Gasteiger partial charge in [-0.15, -0.1) is 9.25 Å². The summed E-state index contributed by atoms with van der Waals surface area (Å²) >= 11 is 0. The molecule has 0 spiro atoms. The lowest BCUT2D eigenvalue weighted by molar-refractivity contribution is -0.0532. The summed E-state index contributed by atoms with van der Waals surface area (Å²) in [7, 11) is -12.7. The van der Waals surface area contributed by atoms with Crippen molar-refractivity contribution in [3.8, 4) is 0 Å². The predicted molar refractivity (Wildman–Crippen MR) is 129 cm³/mol. The topological polar surface area (TPSA) is 83.6 Å². The highest BCUT2D eigenvalue weighted by Gasteiger charge is 2.54. The lowest BCUT2D eigenvalue weighted by Crippen LogP contribution is -2.54. The third kappa shape index (κ3) is 11.8. The molecular formula is C22H42F6N2O4S2. The van der Waals surface area contributed by atoms with Gasteiger partial charge >= 0.3 is 31.1 Å². The molecule has 36 heavy (non-hydrogen) atoms. The summed E-state index contributed by atoms with van der Waals surface area (Å²) in [5.41, 5.74) is -11.7. The maximum Gasteiger partial charge on any atom is 0.512 e. The Kier molecular flexibility index (Phi) is 15.5. The van der Waals surface area contributed by atoms with Crippen LogP contribution in [0.1, 0.15) is 117 Å². The Morgan fingerprint density at radius 3 is 1.36 bits per heavy atom. The largest absolute Gasteiger partial charge is 0.512 e. The van der Waals surface area contributed by atoms with Crippen LogP contribution in [0.2, 0.25) is 0 Å². The Morgan fingerprint density at radius 1 is 0.583 bits per heavy atom. The van der Waals surface area contributed by atoms with Crippen molar-refractivity contribution < 1.29 is 43.2 Å². The van der Waals surface area contributed by atoms with Crippen LogP contribution < -0.4 is 4.83 Å². The molecule has 0 saturated carbocycles. The average molecular weight is 577 g/mol. The minimum atomic E-state index is -6.33. The van der Waals surface area contributed by atoms with Crippen LogP contribution in [-0.2, 0) is 20.0 Å². The Balaban J connectivity index is 5.01. The SMILES string of the molecule is CCCCC(CCCC)(CCCC)CCCCCCCN(NS(=O)(=O)C(F)(F)F)S(=O)(=O)C(F)(F)F. The average Bonchev–Trinajstić information content (AvgIpc) is 2.76. The molecule has 6 nitrogen and oxygen atoms in total. The van der Waals surface area contributed by atoms with Crippen molar-refractivity contribution in [2.24, 2.45) is 5.41 Å². The minimum absolute atomic E-state index is 0.234. The first-order chi connectivity index (χ1) is 16.5. The molecule has 14 heteroatoms. The zero-order chi connectivity index (χ0) is 28.1. The van der Waals surface area contributed by atoms with Gasteiger partial charge in [-0.05, 0) is 37.5 Å². The monoisotopic (exact) mass is 576 g/mol. The van der Waals surface area contributed by atoms with E-state index in [2.05, 4.69) is 20.8 Å². The first-order valence-corrected chi connectivity index (χ1v) is 15.6. The van der Waals surface area contributed by atoms with E-state index in [1.807, 2.05) is 0 Å². The normalized spacial score (nSPS) is 14.1. The number of halogens is 6. The summed E-state index contributed by atoms with van der Waals surface area (Å²) < 4.78 is 121. The number of rotatable bonds is 20. The minimum Gasteiger partial charge on any atom is -0.202 e. The smallest absolute Gasteiger partial charge is 0.202 e. The molecule has 0 unspecified atom stereocenters. The third-order valence-corrected chi connectivity index (χ3v) is 8.98. The molecule has 218 valence electrons. The molecule has 0 bridgehead atoms. The van der Waals surface area contributed by atoms with E-state index in [4.69, 9.17) is 0 Å². The van der Waals surface area contributed by atoms with Gasteiger partial charge < -0.3 is 0 Å². The van der Waals surface area contributed by atoms with E-state index in [-0.39, 0.29) is 18.3 Å².